The molecule has 1 aliphatic carbocycles. The van der Waals surface area contributed by atoms with Crippen molar-refractivity contribution in [2.75, 3.05) is 32.0 Å². The van der Waals surface area contributed by atoms with Crippen LogP contribution in [0.2, 0.25) is 0 Å². The van der Waals surface area contributed by atoms with Gasteiger partial charge < -0.3 is 30.2 Å². The highest BCUT2D eigenvalue weighted by molar-refractivity contribution is 5.97. The van der Waals surface area contributed by atoms with Crippen molar-refractivity contribution in [1.29, 1.82) is 0 Å². The van der Waals surface area contributed by atoms with Crippen molar-refractivity contribution < 1.29 is 23.8 Å². The third kappa shape index (κ3) is 7.44. The summed E-state index contributed by atoms with van der Waals surface area (Å²) in [4.78, 5) is 44.8. The van der Waals surface area contributed by atoms with E-state index in [1.54, 1.807) is 39.5 Å². The van der Waals surface area contributed by atoms with E-state index < -0.39 is 12.1 Å². The number of fused-ring (bicyclic) bond motifs is 3. The van der Waals surface area contributed by atoms with Gasteiger partial charge in [0, 0.05) is 29.7 Å². The normalized spacial score (nSPS) is 14.8. The monoisotopic (exact) mass is 682 g/mol. The van der Waals surface area contributed by atoms with Gasteiger partial charge in [-0.2, -0.15) is 5.10 Å². The highest BCUT2D eigenvalue weighted by atomic mass is 16.5. The standard InChI is InChI=1S/C38H46N6O6/c1-9-21(4)33(38(47)40-25-12-10-11-24(17-25)37-42-36(20(2)3)43-44-37)41-29-16-14-26-27(19-30(29)46)28(39-22(5)45)15-13-23-18-31(48-6)34(49-7)35(50-8)32(23)26/h10-12,14,16-21,28,33H,9,13,15H2,1-8H3,(H,39,45)(H,40,47)(H,41,46)(H,42,43,44)/t21-,28-,33-/m0/s1. The molecule has 1 aliphatic rings. The Morgan fingerprint density at radius 2 is 1.76 bits per heavy atom. The molecule has 1 heterocycles. The third-order valence-electron chi connectivity index (χ3n) is 9.16. The minimum Gasteiger partial charge on any atom is -0.493 e. The Balaban J connectivity index is 1.54. The molecule has 0 radical (unpaired) electrons. The highest BCUT2D eigenvalue weighted by Crippen LogP contribution is 2.50. The largest absolute Gasteiger partial charge is 0.493 e. The number of aromatic nitrogens is 3. The number of carbonyl (C=O) groups is 2. The average molecular weight is 683 g/mol. The number of aromatic amines is 1. The Morgan fingerprint density at radius 1 is 1.00 bits per heavy atom. The summed E-state index contributed by atoms with van der Waals surface area (Å²) in [6, 6.07) is 13.1. The molecule has 0 saturated heterocycles. The number of hydrogen-bond acceptors (Lipinski definition) is 9. The minimum atomic E-state index is -0.744. The van der Waals surface area contributed by atoms with Crippen LogP contribution in [0.5, 0.6) is 17.2 Å². The minimum absolute atomic E-state index is 0.132. The van der Waals surface area contributed by atoms with Crippen molar-refractivity contribution in [3.8, 4) is 39.8 Å². The first-order valence-electron chi connectivity index (χ1n) is 16.9. The molecule has 12 nitrogen and oxygen atoms in total. The van der Waals surface area contributed by atoms with Crippen LogP contribution in [-0.2, 0) is 16.0 Å². The fraction of sp³-hybridized carbons (Fsp3) is 0.395. The summed E-state index contributed by atoms with van der Waals surface area (Å²) in [5.41, 5.74) is 4.27. The van der Waals surface area contributed by atoms with Crippen LogP contribution >= 0.6 is 0 Å². The van der Waals surface area contributed by atoms with Gasteiger partial charge in [0.2, 0.25) is 23.0 Å². The Hall–Kier alpha value is -5.39. The van der Waals surface area contributed by atoms with Crippen molar-refractivity contribution in [2.24, 2.45) is 5.92 Å². The quantitative estimate of drug-likeness (QED) is 0.136. The first-order valence-corrected chi connectivity index (χ1v) is 16.9. The Kier molecular flexibility index (Phi) is 11.1. The molecule has 3 atom stereocenters. The number of nitrogens with one attached hydrogen (secondary N) is 4. The number of rotatable bonds is 12. The van der Waals surface area contributed by atoms with Crippen LogP contribution in [0.3, 0.4) is 0 Å². The van der Waals surface area contributed by atoms with E-state index in [9.17, 15) is 14.4 Å². The van der Waals surface area contributed by atoms with Gasteiger partial charge in [0.15, 0.2) is 17.3 Å². The number of carbonyl (C=O) groups excluding carboxylic acids is 2. The maximum absolute atomic E-state index is 14.0. The zero-order valence-electron chi connectivity index (χ0n) is 29.9. The first kappa shape index (κ1) is 35.9. The summed E-state index contributed by atoms with van der Waals surface area (Å²) in [6.07, 6.45) is 1.80. The SMILES string of the molecule is CC[C@H](C)[C@H](Nc1ccc2c(cc1=O)[C@@H](NC(C)=O)CCc1cc(OC)c(OC)c(OC)c1-2)C(=O)Nc1cccc(-c2n[nH]c(C(C)C)n2)c1. The smallest absolute Gasteiger partial charge is 0.247 e. The summed E-state index contributed by atoms with van der Waals surface area (Å²) in [7, 11) is 4.66. The van der Waals surface area contributed by atoms with E-state index in [-0.39, 0.29) is 34.8 Å². The van der Waals surface area contributed by atoms with E-state index in [1.165, 1.54) is 6.92 Å². The predicted molar refractivity (Wildman–Crippen MR) is 194 cm³/mol. The molecule has 5 rings (SSSR count). The lowest BCUT2D eigenvalue weighted by molar-refractivity contribution is -0.120. The predicted octanol–water partition coefficient (Wildman–Crippen LogP) is 6.24. The number of amides is 2. The molecule has 0 unspecified atom stereocenters. The molecule has 0 spiro atoms. The summed E-state index contributed by atoms with van der Waals surface area (Å²) >= 11 is 0. The third-order valence-corrected chi connectivity index (χ3v) is 9.16. The van der Waals surface area contributed by atoms with Gasteiger partial charge in [-0.3, -0.25) is 19.5 Å². The number of methoxy groups -OCH3 is 3. The lowest BCUT2D eigenvalue weighted by atomic mass is 9.95. The van der Waals surface area contributed by atoms with Crippen LogP contribution in [0.4, 0.5) is 11.4 Å². The van der Waals surface area contributed by atoms with Crippen molar-refractivity contribution in [1.82, 2.24) is 20.5 Å². The van der Waals surface area contributed by atoms with Crippen molar-refractivity contribution in [3.63, 3.8) is 0 Å². The second kappa shape index (κ2) is 15.4. The van der Waals surface area contributed by atoms with Gasteiger partial charge in [-0.15, -0.1) is 0 Å². The number of nitrogens with zero attached hydrogens (tertiary/aromatic N) is 2. The van der Waals surface area contributed by atoms with Crippen LogP contribution in [0, 0.1) is 5.92 Å². The van der Waals surface area contributed by atoms with E-state index in [4.69, 9.17) is 14.2 Å². The van der Waals surface area contributed by atoms with Crippen molar-refractivity contribution in [3.05, 3.63) is 75.7 Å². The lowest BCUT2D eigenvalue weighted by Gasteiger charge is -2.24. The molecule has 12 heteroatoms. The average Bonchev–Trinajstić information content (AvgIpc) is 3.49. The van der Waals surface area contributed by atoms with Gasteiger partial charge in [-0.05, 0) is 65.8 Å². The number of hydrogen-bond donors (Lipinski definition) is 4. The molecule has 50 heavy (non-hydrogen) atoms. The molecular formula is C38H46N6O6. The topological polar surface area (TPSA) is 157 Å². The second-order valence-electron chi connectivity index (χ2n) is 12.9. The Labute approximate surface area is 292 Å². The second-order valence-corrected chi connectivity index (χ2v) is 12.9. The molecule has 0 saturated carbocycles. The number of anilines is 2. The summed E-state index contributed by atoms with van der Waals surface area (Å²) in [5, 5.41) is 16.6. The van der Waals surface area contributed by atoms with Crippen LogP contribution < -0.4 is 35.6 Å². The van der Waals surface area contributed by atoms with E-state index in [0.717, 1.165) is 22.5 Å². The highest BCUT2D eigenvalue weighted by Gasteiger charge is 2.30. The first-order chi connectivity index (χ1) is 24.0. The molecule has 1 aromatic heterocycles. The summed E-state index contributed by atoms with van der Waals surface area (Å²) in [5.74, 6) is 2.28. The molecule has 0 bridgehead atoms. The molecular weight excluding hydrogens is 636 g/mol. The van der Waals surface area contributed by atoms with Gasteiger partial charge in [-0.25, -0.2) is 4.98 Å². The number of benzene rings is 2. The van der Waals surface area contributed by atoms with Gasteiger partial charge in [0.25, 0.3) is 0 Å². The molecule has 264 valence electrons. The molecule has 4 aromatic rings. The van der Waals surface area contributed by atoms with E-state index in [1.807, 2.05) is 58.0 Å². The van der Waals surface area contributed by atoms with Gasteiger partial charge in [-0.1, -0.05) is 52.3 Å². The van der Waals surface area contributed by atoms with Crippen LogP contribution in [0.1, 0.15) is 76.4 Å². The maximum atomic E-state index is 14.0. The molecule has 0 aliphatic heterocycles. The molecule has 0 fully saturated rings. The number of aryl methyl sites for hydroxylation is 1. The van der Waals surface area contributed by atoms with Gasteiger partial charge in [0.1, 0.15) is 11.9 Å². The van der Waals surface area contributed by atoms with Crippen LogP contribution in [0.25, 0.3) is 22.5 Å². The summed E-state index contributed by atoms with van der Waals surface area (Å²) < 4.78 is 17.2. The van der Waals surface area contributed by atoms with Crippen LogP contribution in [-0.4, -0.2) is 54.4 Å². The van der Waals surface area contributed by atoms with E-state index >= 15 is 0 Å². The maximum Gasteiger partial charge on any atom is 0.247 e. The number of ether oxygens (including phenoxy) is 3. The summed E-state index contributed by atoms with van der Waals surface area (Å²) in [6.45, 7) is 9.48. The van der Waals surface area contributed by atoms with Gasteiger partial charge in [0.05, 0.1) is 33.1 Å². The van der Waals surface area contributed by atoms with Crippen LogP contribution in [0.15, 0.2) is 53.3 Å². The fourth-order valence-electron chi connectivity index (χ4n) is 6.31. The molecule has 2 amide bonds. The fourth-order valence-corrected chi connectivity index (χ4v) is 6.31. The Morgan fingerprint density at radius 3 is 2.40 bits per heavy atom. The van der Waals surface area contributed by atoms with Gasteiger partial charge >= 0.3 is 0 Å². The zero-order valence-corrected chi connectivity index (χ0v) is 29.9. The van der Waals surface area contributed by atoms with Crippen molar-refractivity contribution in [2.45, 2.75) is 71.9 Å². The molecule has 4 N–H and O–H groups in total. The molecule has 3 aromatic carbocycles. The van der Waals surface area contributed by atoms with E-state index in [2.05, 4.69) is 31.1 Å². The van der Waals surface area contributed by atoms with E-state index in [0.29, 0.717) is 59.1 Å². The van der Waals surface area contributed by atoms with Crippen molar-refractivity contribution >= 4 is 23.2 Å². The zero-order chi connectivity index (χ0) is 36.1. The number of H-pyrrole nitrogens is 1. The Bertz CT molecular complexity index is 1940. The lowest BCUT2D eigenvalue weighted by Crippen LogP contribution is -2.40.